The van der Waals surface area contributed by atoms with E-state index in [4.69, 9.17) is 0 Å². The largest absolute Gasteiger partial charge is 0.507 e. The molecule has 1 N–H and O–H groups in total. The average Bonchev–Trinajstić information content (AvgIpc) is 2.96. The molecule has 9 nitrogen and oxygen atoms in total. The summed E-state index contributed by atoms with van der Waals surface area (Å²) in [4.78, 5) is 43.4. The Labute approximate surface area is 249 Å². The SMILES string of the molecule is C=CC(=O)N1C[C@H](C)N(c2nc(=O)n(C(/C(C)=C\C)C(N=C)C(C)C)c3nc(-c4c(O)cccc4F)c(F)cc23)C[C@H]1C. The Kier molecular flexibility index (Phi) is 9.12. The second-order valence-electron chi connectivity index (χ2n) is 11.4. The lowest BCUT2D eigenvalue weighted by atomic mass is 9.91. The van der Waals surface area contributed by atoms with Crippen LogP contribution in [0.25, 0.3) is 22.3 Å². The maximum Gasteiger partial charge on any atom is 0.351 e. The van der Waals surface area contributed by atoms with Gasteiger partial charge in [0.1, 0.15) is 28.7 Å². The number of aromatic hydroxyl groups is 1. The zero-order chi connectivity index (χ0) is 31.7. The molecule has 4 rings (SSSR count). The van der Waals surface area contributed by atoms with E-state index < -0.39 is 46.4 Å². The Morgan fingerprint density at radius 2 is 1.86 bits per heavy atom. The fourth-order valence-electron chi connectivity index (χ4n) is 5.83. The number of hydrogen-bond donors (Lipinski definition) is 1. The molecule has 0 aliphatic carbocycles. The summed E-state index contributed by atoms with van der Waals surface area (Å²) in [5.41, 5.74) is -0.682. The fraction of sp³-hybridized carbons (Fsp3) is 0.406. The molecule has 228 valence electrons. The quantitative estimate of drug-likeness (QED) is 0.217. The Bertz CT molecular complexity index is 1650. The number of allylic oxidation sites excluding steroid dienone is 1. The Hall–Kier alpha value is -4.41. The predicted molar refractivity (Wildman–Crippen MR) is 166 cm³/mol. The molecule has 1 aliphatic rings. The minimum Gasteiger partial charge on any atom is -0.507 e. The first-order valence-corrected chi connectivity index (χ1v) is 14.2. The van der Waals surface area contributed by atoms with Gasteiger partial charge in [0.2, 0.25) is 5.91 Å². The highest BCUT2D eigenvalue weighted by atomic mass is 19.1. The zero-order valence-corrected chi connectivity index (χ0v) is 25.4. The standard InChI is InChI=1S/C32H38F2N6O3/c1-9-18(5)29(27(35-8)17(3)4)40-31-21(14-23(34)28(36-31)26-22(33)12-11-13-24(26)41)30(37-32(40)43)39-16-19(6)38(15-20(39)7)25(42)10-2/h9-14,17,19-20,27,29,41H,2,8,15-16H2,1,3-7H3/b18-9-/t19-,20+,27?,29?/m1/s1. The number of rotatable bonds is 8. The molecule has 0 bridgehead atoms. The topological polar surface area (TPSA) is 104 Å². The summed E-state index contributed by atoms with van der Waals surface area (Å²) in [6, 6.07) is 3.10. The van der Waals surface area contributed by atoms with Gasteiger partial charge in [-0.05, 0) is 64.6 Å². The van der Waals surface area contributed by atoms with Crippen molar-refractivity contribution in [3.63, 3.8) is 0 Å². The normalized spacial score (nSPS) is 19.0. The lowest BCUT2D eigenvalue weighted by Crippen LogP contribution is -2.58. The minimum absolute atomic E-state index is 0.0501. The van der Waals surface area contributed by atoms with Crippen LogP contribution in [-0.2, 0) is 4.79 Å². The lowest BCUT2D eigenvalue weighted by Gasteiger charge is -2.44. The van der Waals surface area contributed by atoms with E-state index in [1.165, 1.54) is 28.8 Å². The highest BCUT2D eigenvalue weighted by molar-refractivity contribution is 5.91. The van der Waals surface area contributed by atoms with E-state index in [0.29, 0.717) is 13.1 Å². The molecule has 1 aliphatic heterocycles. The van der Waals surface area contributed by atoms with Crippen LogP contribution < -0.4 is 10.6 Å². The molecule has 1 fully saturated rings. The molecule has 2 unspecified atom stereocenters. The summed E-state index contributed by atoms with van der Waals surface area (Å²) >= 11 is 0. The van der Waals surface area contributed by atoms with Crippen molar-refractivity contribution in [3.8, 4) is 17.0 Å². The number of amides is 1. The van der Waals surface area contributed by atoms with E-state index >= 15 is 4.39 Å². The van der Waals surface area contributed by atoms with Crippen LogP contribution in [0.15, 0.2) is 58.4 Å². The third kappa shape index (κ3) is 5.68. The van der Waals surface area contributed by atoms with E-state index in [1.807, 2.05) is 52.5 Å². The Balaban J connectivity index is 2.09. The van der Waals surface area contributed by atoms with Gasteiger partial charge in [-0.15, -0.1) is 0 Å². The van der Waals surface area contributed by atoms with Crippen molar-refractivity contribution in [3.05, 3.63) is 70.7 Å². The Morgan fingerprint density at radius 3 is 2.44 bits per heavy atom. The average molecular weight is 593 g/mol. The third-order valence-electron chi connectivity index (χ3n) is 8.19. The van der Waals surface area contributed by atoms with Gasteiger partial charge in [-0.3, -0.25) is 14.4 Å². The van der Waals surface area contributed by atoms with Crippen molar-refractivity contribution in [1.82, 2.24) is 19.4 Å². The molecule has 3 heterocycles. The first-order valence-electron chi connectivity index (χ1n) is 14.2. The molecule has 1 amide bonds. The van der Waals surface area contributed by atoms with E-state index in [1.54, 1.807) is 4.90 Å². The molecular weight excluding hydrogens is 554 g/mol. The maximum absolute atomic E-state index is 15.9. The van der Waals surface area contributed by atoms with Crippen LogP contribution in [0.2, 0.25) is 0 Å². The van der Waals surface area contributed by atoms with E-state index in [2.05, 4.69) is 28.3 Å². The van der Waals surface area contributed by atoms with Crippen LogP contribution in [0, 0.1) is 17.6 Å². The number of carbonyl (C=O) groups is 1. The van der Waals surface area contributed by atoms with Crippen LogP contribution in [0.3, 0.4) is 0 Å². The fourth-order valence-corrected chi connectivity index (χ4v) is 5.83. The first-order chi connectivity index (χ1) is 20.4. The van der Waals surface area contributed by atoms with Gasteiger partial charge in [-0.1, -0.05) is 38.1 Å². The van der Waals surface area contributed by atoms with Crippen molar-refractivity contribution in [2.75, 3.05) is 18.0 Å². The number of carbonyl (C=O) groups excluding carboxylic acids is 1. The second-order valence-corrected chi connectivity index (χ2v) is 11.4. The van der Waals surface area contributed by atoms with Gasteiger partial charge in [-0.25, -0.2) is 18.6 Å². The zero-order valence-electron chi connectivity index (χ0n) is 25.4. The predicted octanol–water partition coefficient (Wildman–Crippen LogP) is 5.29. The second kappa shape index (κ2) is 12.4. The summed E-state index contributed by atoms with van der Waals surface area (Å²) in [5.74, 6) is -2.33. The lowest BCUT2D eigenvalue weighted by molar-refractivity contribution is -0.128. The molecule has 0 spiro atoms. The molecule has 2 aromatic heterocycles. The highest BCUT2D eigenvalue weighted by Crippen LogP contribution is 2.38. The molecule has 43 heavy (non-hydrogen) atoms. The number of fused-ring (bicyclic) bond motifs is 1. The van der Waals surface area contributed by atoms with E-state index in [-0.39, 0.29) is 40.8 Å². The number of phenolic OH excluding ortho intramolecular Hbond substituents is 1. The number of hydrogen-bond acceptors (Lipinski definition) is 7. The summed E-state index contributed by atoms with van der Waals surface area (Å²) in [5, 5.41) is 10.7. The van der Waals surface area contributed by atoms with Crippen molar-refractivity contribution < 1.29 is 18.7 Å². The van der Waals surface area contributed by atoms with Crippen molar-refractivity contribution in [2.24, 2.45) is 10.9 Å². The molecule has 4 atom stereocenters. The smallest absolute Gasteiger partial charge is 0.351 e. The number of anilines is 1. The van der Waals surface area contributed by atoms with Crippen LogP contribution >= 0.6 is 0 Å². The van der Waals surface area contributed by atoms with Crippen molar-refractivity contribution >= 4 is 29.5 Å². The van der Waals surface area contributed by atoms with E-state index in [9.17, 15) is 19.1 Å². The van der Waals surface area contributed by atoms with Crippen molar-refractivity contribution in [1.29, 1.82) is 0 Å². The summed E-state index contributed by atoms with van der Waals surface area (Å²) in [7, 11) is 0. The van der Waals surface area contributed by atoms with Crippen LogP contribution in [0.5, 0.6) is 5.75 Å². The van der Waals surface area contributed by atoms with E-state index in [0.717, 1.165) is 11.6 Å². The van der Waals surface area contributed by atoms with Crippen LogP contribution in [0.4, 0.5) is 14.6 Å². The molecule has 1 aromatic carbocycles. The maximum atomic E-state index is 15.9. The first kappa shape index (κ1) is 31.5. The van der Waals surface area contributed by atoms with Crippen LogP contribution in [0.1, 0.15) is 47.6 Å². The van der Waals surface area contributed by atoms with Gasteiger partial charge in [0.25, 0.3) is 0 Å². The molecule has 0 radical (unpaired) electrons. The Morgan fingerprint density at radius 1 is 1.16 bits per heavy atom. The number of aliphatic imine (C=N–C) groups is 1. The number of benzene rings is 1. The molecule has 11 heteroatoms. The molecule has 0 saturated carbocycles. The third-order valence-corrected chi connectivity index (χ3v) is 8.19. The van der Waals surface area contributed by atoms with Crippen LogP contribution in [-0.4, -0.2) is 68.4 Å². The summed E-state index contributed by atoms with van der Waals surface area (Å²) in [6.45, 7) is 19.3. The highest BCUT2D eigenvalue weighted by Gasteiger charge is 2.36. The van der Waals surface area contributed by atoms with Gasteiger partial charge in [0.05, 0.1) is 23.0 Å². The molecular formula is C32H38F2N6O3. The number of piperazine rings is 1. The molecule has 1 saturated heterocycles. The van der Waals surface area contributed by atoms with Gasteiger partial charge in [0, 0.05) is 25.2 Å². The number of pyridine rings is 1. The number of aromatic nitrogens is 3. The number of phenols is 1. The van der Waals surface area contributed by atoms with Gasteiger partial charge < -0.3 is 14.9 Å². The number of nitrogens with zero attached hydrogens (tertiary/aromatic N) is 6. The number of halogens is 2. The van der Waals surface area contributed by atoms with Gasteiger partial charge in [0.15, 0.2) is 5.82 Å². The summed E-state index contributed by atoms with van der Waals surface area (Å²) < 4.78 is 32.3. The van der Waals surface area contributed by atoms with Crippen molar-refractivity contribution in [2.45, 2.75) is 65.7 Å². The van der Waals surface area contributed by atoms with Gasteiger partial charge in [-0.2, -0.15) is 4.98 Å². The summed E-state index contributed by atoms with van der Waals surface area (Å²) in [6.07, 6.45) is 3.11. The van der Waals surface area contributed by atoms with Gasteiger partial charge >= 0.3 is 5.69 Å². The minimum atomic E-state index is -0.899. The monoisotopic (exact) mass is 592 g/mol. The molecule has 3 aromatic rings.